The monoisotopic (exact) mass is 262 g/mol. The fourth-order valence-electron chi connectivity index (χ4n) is 4.03. The summed E-state index contributed by atoms with van der Waals surface area (Å²) in [6, 6.07) is 3.63. The second kappa shape index (κ2) is 4.60. The molecule has 2 N–H and O–H groups in total. The molecule has 2 aliphatic heterocycles. The summed E-state index contributed by atoms with van der Waals surface area (Å²) in [5.74, 6) is 0.683. The van der Waals surface area contributed by atoms with Crippen molar-refractivity contribution in [2.45, 2.75) is 63.1 Å². The number of fused-ring (bicyclic) bond motifs is 2. The van der Waals surface area contributed by atoms with Crippen LogP contribution in [0, 0.1) is 0 Å². The predicted octanol–water partition coefficient (Wildman–Crippen LogP) is 1.87. The zero-order valence-corrected chi connectivity index (χ0v) is 12.3. The first kappa shape index (κ1) is 13.1. The van der Waals surface area contributed by atoms with Gasteiger partial charge in [-0.05, 0) is 45.6 Å². The number of nitrogens with zero attached hydrogens (tertiary/aromatic N) is 3. The first-order chi connectivity index (χ1) is 8.94. The molecule has 3 rings (SSSR count). The third-order valence-electron chi connectivity index (χ3n) is 4.75. The molecular formula is C15H26N4. The number of aryl methyl sites for hydroxylation is 1. The minimum Gasteiger partial charge on any atom is -0.324 e. The van der Waals surface area contributed by atoms with Crippen molar-refractivity contribution < 1.29 is 0 Å². The largest absolute Gasteiger partial charge is 0.324 e. The van der Waals surface area contributed by atoms with E-state index in [2.05, 4.69) is 37.0 Å². The molecule has 0 radical (unpaired) electrons. The molecule has 106 valence electrons. The summed E-state index contributed by atoms with van der Waals surface area (Å²) >= 11 is 0. The molecule has 2 fully saturated rings. The first-order valence-electron chi connectivity index (χ1n) is 7.46. The van der Waals surface area contributed by atoms with Gasteiger partial charge in [0.25, 0.3) is 0 Å². The van der Waals surface area contributed by atoms with Gasteiger partial charge in [-0.15, -0.1) is 0 Å². The fraction of sp³-hybridized carbons (Fsp3) is 0.800. The molecule has 0 saturated carbocycles. The van der Waals surface area contributed by atoms with Crippen LogP contribution in [-0.4, -0.2) is 38.8 Å². The molecule has 4 heteroatoms. The second-order valence-corrected chi connectivity index (χ2v) is 7.09. The highest BCUT2D eigenvalue weighted by Crippen LogP contribution is 2.43. The van der Waals surface area contributed by atoms with Crippen LogP contribution in [-0.2, 0) is 7.05 Å². The van der Waals surface area contributed by atoms with E-state index in [4.69, 9.17) is 5.73 Å². The lowest BCUT2D eigenvalue weighted by Gasteiger charge is -2.41. The number of hydrogen-bond acceptors (Lipinski definition) is 3. The van der Waals surface area contributed by atoms with Gasteiger partial charge in [0, 0.05) is 49.0 Å². The zero-order valence-electron chi connectivity index (χ0n) is 12.3. The third kappa shape index (κ3) is 2.56. The quantitative estimate of drug-likeness (QED) is 0.904. The molecule has 2 unspecified atom stereocenters. The van der Waals surface area contributed by atoms with E-state index < -0.39 is 0 Å². The van der Waals surface area contributed by atoms with Gasteiger partial charge in [-0.25, -0.2) is 0 Å². The highest BCUT2D eigenvalue weighted by atomic mass is 15.3. The van der Waals surface area contributed by atoms with E-state index in [9.17, 15) is 0 Å². The van der Waals surface area contributed by atoms with Crippen LogP contribution >= 0.6 is 0 Å². The number of aromatic nitrogens is 2. The van der Waals surface area contributed by atoms with Crippen LogP contribution in [0.25, 0.3) is 0 Å². The molecule has 0 aliphatic carbocycles. The molecule has 2 bridgehead atoms. The van der Waals surface area contributed by atoms with Crippen molar-refractivity contribution in [3.05, 3.63) is 18.0 Å². The van der Waals surface area contributed by atoms with Gasteiger partial charge < -0.3 is 5.73 Å². The summed E-state index contributed by atoms with van der Waals surface area (Å²) in [4.78, 5) is 2.67. The number of rotatable bonds is 3. The van der Waals surface area contributed by atoms with Gasteiger partial charge in [-0.3, -0.25) is 9.58 Å². The van der Waals surface area contributed by atoms with Crippen LogP contribution in [0.15, 0.2) is 12.3 Å². The Hall–Kier alpha value is -0.870. The topological polar surface area (TPSA) is 47.1 Å². The zero-order chi connectivity index (χ0) is 13.6. The van der Waals surface area contributed by atoms with Crippen molar-refractivity contribution in [2.24, 2.45) is 12.8 Å². The van der Waals surface area contributed by atoms with Crippen molar-refractivity contribution in [3.63, 3.8) is 0 Å². The van der Waals surface area contributed by atoms with Gasteiger partial charge in [0.05, 0.1) is 0 Å². The Labute approximate surface area is 116 Å². The van der Waals surface area contributed by atoms with Crippen molar-refractivity contribution in [1.82, 2.24) is 14.7 Å². The molecule has 0 spiro atoms. The van der Waals surface area contributed by atoms with Crippen molar-refractivity contribution in [3.8, 4) is 0 Å². The Balaban J connectivity index is 1.73. The molecule has 4 nitrogen and oxygen atoms in total. The number of piperidine rings is 1. The predicted molar refractivity (Wildman–Crippen MR) is 77.0 cm³/mol. The molecule has 1 aromatic rings. The molecule has 0 aromatic carbocycles. The number of nitrogens with two attached hydrogens (primary N) is 1. The minimum absolute atomic E-state index is 0.0831. The van der Waals surface area contributed by atoms with Crippen LogP contribution in [0.5, 0.6) is 0 Å². The fourth-order valence-corrected chi connectivity index (χ4v) is 4.03. The van der Waals surface area contributed by atoms with E-state index in [0.29, 0.717) is 5.92 Å². The molecule has 2 atom stereocenters. The third-order valence-corrected chi connectivity index (χ3v) is 4.75. The van der Waals surface area contributed by atoms with Gasteiger partial charge in [0.15, 0.2) is 0 Å². The molecule has 2 saturated heterocycles. The minimum atomic E-state index is -0.0831. The molecule has 19 heavy (non-hydrogen) atoms. The highest BCUT2D eigenvalue weighted by molar-refractivity contribution is 5.13. The van der Waals surface area contributed by atoms with Crippen molar-refractivity contribution >= 4 is 0 Å². The van der Waals surface area contributed by atoms with Crippen LogP contribution in [0.1, 0.15) is 51.1 Å². The summed E-state index contributed by atoms with van der Waals surface area (Å²) in [6.45, 7) is 5.31. The van der Waals surface area contributed by atoms with Crippen molar-refractivity contribution in [1.29, 1.82) is 0 Å². The van der Waals surface area contributed by atoms with Gasteiger partial charge in [0.1, 0.15) is 0 Å². The Morgan fingerprint density at radius 1 is 1.32 bits per heavy atom. The SMILES string of the molecule is Cn1nccc1C1CC2CCC(C1)N2CC(C)(C)N. The van der Waals surface area contributed by atoms with Crippen LogP contribution in [0.2, 0.25) is 0 Å². The van der Waals surface area contributed by atoms with Gasteiger partial charge in [-0.1, -0.05) is 0 Å². The van der Waals surface area contributed by atoms with E-state index in [1.807, 2.05) is 10.9 Å². The average molecular weight is 262 g/mol. The lowest BCUT2D eigenvalue weighted by Crippen LogP contribution is -2.52. The first-order valence-corrected chi connectivity index (χ1v) is 7.46. The van der Waals surface area contributed by atoms with E-state index >= 15 is 0 Å². The second-order valence-electron chi connectivity index (χ2n) is 7.09. The molecule has 2 aliphatic rings. The molecule has 1 aromatic heterocycles. The maximum absolute atomic E-state index is 6.22. The van der Waals surface area contributed by atoms with Gasteiger partial charge in [0.2, 0.25) is 0 Å². The Kier molecular flexibility index (Phi) is 3.18. The summed E-state index contributed by atoms with van der Waals surface area (Å²) < 4.78 is 2.05. The van der Waals surface area contributed by atoms with E-state index in [1.165, 1.54) is 31.4 Å². The Morgan fingerprint density at radius 3 is 2.42 bits per heavy atom. The Bertz CT molecular complexity index is 431. The Morgan fingerprint density at radius 2 is 1.95 bits per heavy atom. The smallest absolute Gasteiger partial charge is 0.0492 e. The van der Waals surface area contributed by atoms with E-state index in [0.717, 1.165) is 18.6 Å². The standard InChI is InChI=1S/C15H26N4/c1-15(2,16)10-19-12-4-5-13(19)9-11(8-12)14-6-7-17-18(14)3/h6-7,11-13H,4-5,8-10,16H2,1-3H3. The molecule has 3 heterocycles. The highest BCUT2D eigenvalue weighted by Gasteiger charge is 2.42. The normalized spacial score (nSPS) is 31.9. The lowest BCUT2D eigenvalue weighted by molar-refractivity contribution is 0.102. The van der Waals surface area contributed by atoms with Crippen LogP contribution < -0.4 is 5.73 Å². The number of hydrogen-bond donors (Lipinski definition) is 1. The summed E-state index contributed by atoms with van der Waals surface area (Å²) in [6.07, 6.45) is 7.15. The summed E-state index contributed by atoms with van der Waals surface area (Å²) in [5, 5.41) is 4.32. The average Bonchev–Trinajstić information content (AvgIpc) is 2.80. The maximum atomic E-state index is 6.22. The van der Waals surface area contributed by atoms with Crippen molar-refractivity contribution in [2.75, 3.05) is 6.54 Å². The van der Waals surface area contributed by atoms with Crippen LogP contribution in [0.4, 0.5) is 0 Å². The molecule has 0 amide bonds. The maximum Gasteiger partial charge on any atom is 0.0492 e. The summed E-state index contributed by atoms with van der Waals surface area (Å²) in [7, 11) is 2.06. The van der Waals surface area contributed by atoms with Crippen LogP contribution in [0.3, 0.4) is 0 Å². The van der Waals surface area contributed by atoms with E-state index in [1.54, 1.807) is 0 Å². The summed E-state index contributed by atoms with van der Waals surface area (Å²) in [5.41, 5.74) is 7.54. The van der Waals surface area contributed by atoms with Gasteiger partial charge >= 0.3 is 0 Å². The lowest BCUT2D eigenvalue weighted by atomic mass is 9.87. The molecular weight excluding hydrogens is 236 g/mol. The van der Waals surface area contributed by atoms with Gasteiger partial charge in [-0.2, -0.15) is 5.10 Å². The van der Waals surface area contributed by atoms with E-state index in [-0.39, 0.29) is 5.54 Å².